The minimum atomic E-state index is -0.544. The van der Waals surface area contributed by atoms with Gasteiger partial charge in [0, 0.05) is 10.5 Å². The maximum absolute atomic E-state index is 11.9. The van der Waals surface area contributed by atoms with Crippen molar-refractivity contribution in [3.05, 3.63) is 68.7 Å². The number of nitro benzene ring substituents is 1. The van der Waals surface area contributed by atoms with Gasteiger partial charge >= 0.3 is 5.69 Å². The normalized spacial score (nSPS) is 11.6. The number of nitro groups is 1. The second-order valence-electron chi connectivity index (χ2n) is 4.85. The van der Waals surface area contributed by atoms with Crippen molar-refractivity contribution in [3.8, 4) is 5.75 Å². The molecule has 6 nitrogen and oxygen atoms in total. The molecule has 0 spiro atoms. The SMILES string of the molecule is C[C@@H](NC(=O)COc1ccccc1[N+](=O)[O-])c1ccc(Br)cc1. The lowest BCUT2D eigenvalue weighted by molar-refractivity contribution is -0.385. The van der Waals surface area contributed by atoms with Crippen molar-refractivity contribution in [2.75, 3.05) is 6.61 Å². The Bertz CT molecular complexity index is 703. The first kappa shape index (κ1) is 17.0. The van der Waals surface area contributed by atoms with Gasteiger partial charge in [0.05, 0.1) is 11.0 Å². The molecule has 2 aromatic carbocycles. The molecule has 0 bridgehead atoms. The highest BCUT2D eigenvalue weighted by molar-refractivity contribution is 9.10. The molecule has 7 heteroatoms. The van der Waals surface area contributed by atoms with E-state index in [1.807, 2.05) is 31.2 Å². The number of nitrogens with zero attached hydrogens (tertiary/aromatic N) is 1. The van der Waals surface area contributed by atoms with Crippen molar-refractivity contribution >= 4 is 27.5 Å². The third-order valence-corrected chi connectivity index (χ3v) is 3.70. The number of halogens is 1. The van der Waals surface area contributed by atoms with E-state index in [9.17, 15) is 14.9 Å². The molecule has 0 saturated carbocycles. The van der Waals surface area contributed by atoms with E-state index in [0.717, 1.165) is 10.0 Å². The number of amides is 1. The van der Waals surface area contributed by atoms with Gasteiger partial charge in [-0.1, -0.05) is 40.2 Å². The van der Waals surface area contributed by atoms with Crippen LogP contribution < -0.4 is 10.1 Å². The van der Waals surface area contributed by atoms with E-state index >= 15 is 0 Å². The summed E-state index contributed by atoms with van der Waals surface area (Å²) in [6, 6.07) is 13.3. The molecular formula is C16H15BrN2O4. The average molecular weight is 379 g/mol. The lowest BCUT2D eigenvalue weighted by Gasteiger charge is -2.14. The Balaban J connectivity index is 1.93. The Morgan fingerprint density at radius 3 is 2.57 bits per heavy atom. The smallest absolute Gasteiger partial charge is 0.310 e. The predicted molar refractivity (Wildman–Crippen MR) is 89.3 cm³/mol. The largest absolute Gasteiger partial charge is 0.477 e. The van der Waals surface area contributed by atoms with Crippen molar-refractivity contribution in [3.63, 3.8) is 0 Å². The summed E-state index contributed by atoms with van der Waals surface area (Å²) in [5.74, 6) is -0.275. The van der Waals surface area contributed by atoms with Gasteiger partial charge in [-0.15, -0.1) is 0 Å². The van der Waals surface area contributed by atoms with E-state index in [1.54, 1.807) is 12.1 Å². The molecule has 0 heterocycles. The molecule has 1 amide bonds. The Hall–Kier alpha value is -2.41. The number of ether oxygens (including phenoxy) is 1. The van der Waals surface area contributed by atoms with Gasteiger partial charge < -0.3 is 10.1 Å². The van der Waals surface area contributed by atoms with E-state index < -0.39 is 4.92 Å². The van der Waals surface area contributed by atoms with Gasteiger partial charge in [-0.05, 0) is 30.7 Å². The van der Waals surface area contributed by atoms with Gasteiger partial charge in [0.1, 0.15) is 0 Å². The maximum atomic E-state index is 11.9. The Morgan fingerprint density at radius 1 is 1.26 bits per heavy atom. The van der Waals surface area contributed by atoms with Crippen LogP contribution in [0.4, 0.5) is 5.69 Å². The van der Waals surface area contributed by atoms with Gasteiger partial charge in [0.25, 0.3) is 5.91 Å². The van der Waals surface area contributed by atoms with Crippen molar-refractivity contribution in [2.24, 2.45) is 0 Å². The number of rotatable bonds is 6. The zero-order chi connectivity index (χ0) is 16.8. The number of carbonyl (C=O) groups is 1. The monoisotopic (exact) mass is 378 g/mol. The molecule has 0 saturated heterocycles. The van der Waals surface area contributed by atoms with Crippen molar-refractivity contribution in [2.45, 2.75) is 13.0 Å². The number of para-hydroxylation sites is 2. The third-order valence-electron chi connectivity index (χ3n) is 3.17. The van der Waals surface area contributed by atoms with E-state index in [1.165, 1.54) is 12.1 Å². The van der Waals surface area contributed by atoms with Crippen LogP contribution in [0.15, 0.2) is 53.0 Å². The van der Waals surface area contributed by atoms with E-state index in [0.29, 0.717) is 0 Å². The molecular weight excluding hydrogens is 364 g/mol. The highest BCUT2D eigenvalue weighted by Crippen LogP contribution is 2.25. The fourth-order valence-electron chi connectivity index (χ4n) is 1.99. The van der Waals surface area contributed by atoms with Gasteiger partial charge in [0.2, 0.25) is 0 Å². The van der Waals surface area contributed by atoms with Crippen molar-refractivity contribution in [1.29, 1.82) is 0 Å². The summed E-state index contributed by atoms with van der Waals surface area (Å²) in [6.45, 7) is 1.57. The van der Waals surface area contributed by atoms with Gasteiger partial charge in [-0.2, -0.15) is 0 Å². The summed E-state index contributed by atoms with van der Waals surface area (Å²) in [7, 11) is 0. The van der Waals surface area contributed by atoms with Crippen molar-refractivity contribution in [1.82, 2.24) is 5.32 Å². The predicted octanol–water partition coefficient (Wildman–Crippen LogP) is 3.61. The number of nitrogens with one attached hydrogen (secondary N) is 1. The van der Waals surface area contributed by atoms with Crippen LogP contribution in [0.25, 0.3) is 0 Å². The molecule has 23 heavy (non-hydrogen) atoms. The van der Waals surface area contributed by atoms with E-state index in [-0.39, 0.29) is 30.0 Å². The summed E-state index contributed by atoms with van der Waals surface area (Å²) >= 11 is 3.35. The van der Waals surface area contributed by atoms with Crippen LogP contribution in [-0.2, 0) is 4.79 Å². The maximum Gasteiger partial charge on any atom is 0.310 e. The molecule has 120 valence electrons. The molecule has 2 aromatic rings. The zero-order valence-electron chi connectivity index (χ0n) is 12.4. The van der Waals surface area contributed by atoms with Crippen LogP contribution in [0.1, 0.15) is 18.5 Å². The van der Waals surface area contributed by atoms with Crippen LogP contribution in [0.2, 0.25) is 0 Å². The minimum Gasteiger partial charge on any atom is -0.477 e. The molecule has 0 unspecified atom stereocenters. The lowest BCUT2D eigenvalue weighted by atomic mass is 10.1. The van der Waals surface area contributed by atoms with Crippen LogP contribution in [0.5, 0.6) is 5.75 Å². The number of hydrogen-bond acceptors (Lipinski definition) is 4. The van der Waals surface area contributed by atoms with Crippen LogP contribution >= 0.6 is 15.9 Å². The van der Waals surface area contributed by atoms with Crippen LogP contribution in [0.3, 0.4) is 0 Å². The highest BCUT2D eigenvalue weighted by Gasteiger charge is 2.16. The summed E-state index contributed by atoms with van der Waals surface area (Å²) < 4.78 is 6.21. The standard InChI is InChI=1S/C16H15BrN2O4/c1-11(12-6-8-13(17)9-7-12)18-16(20)10-23-15-5-3-2-4-14(15)19(21)22/h2-9,11H,10H2,1H3,(H,18,20)/t11-/m1/s1. The molecule has 0 fully saturated rings. The molecule has 2 rings (SSSR count). The first-order valence-electron chi connectivity index (χ1n) is 6.88. The summed E-state index contributed by atoms with van der Waals surface area (Å²) in [6.07, 6.45) is 0. The fraction of sp³-hybridized carbons (Fsp3) is 0.188. The molecule has 0 aliphatic rings. The second kappa shape index (κ2) is 7.73. The number of benzene rings is 2. The van der Waals surface area contributed by atoms with Gasteiger partial charge in [0.15, 0.2) is 12.4 Å². The minimum absolute atomic E-state index is 0.0731. The third kappa shape index (κ3) is 4.79. The molecule has 1 N–H and O–H groups in total. The summed E-state index contributed by atoms with van der Waals surface area (Å²) in [4.78, 5) is 22.3. The average Bonchev–Trinajstić information content (AvgIpc) is 2.53. The fourth-order valence-corrected chi connectivity index (χ4v) is 2.26. The highest BCUT2D eigenvalue weighted by atomic mass is 79.9. The van der Waals surface area contributed by atoms with Gasteiger partial charge in [-0.3, -0.25) is 14.9 Å². The lowest BCUT2D eigenvalue weighted by Crippen LogP contribution is -2.31. The first-order chi connectivity index (χ1) is 11.0. The Morgan fingerprint density at radius 2 is 1.91 bits per heavy atom. The zero-order valence-corrected chi connectivity index (χ0v) is 13.9. The summed E-state index contributed by atoms with van der Waals surface area (Å²) in [5.41, 5.74) is 0.786. The molecule has 1 atom stereocenters. The van der Waals surface area contributed by atoms with Crippen LogP contribution in [-0.4, -0.2) is 17.4 Å². The molecule has 0 aromatic heterocycles. The van der Waals surface area contributed by atoms with Gasteiger partial charge in [-0.25, -0.2) is 0 Å². The Kier molecular flexibility index (Phi) is 5.70. The molecule has 0 radical (unpaired) electrons. The van der Waals surface area contributed by atoms with E-state index in [4.69, 9.17) is 4.74 Å². The quantitative estimate of drug-likeness (QED) is 0.614. The topological polar surface area (TPSA) is 81.5 Å². The molecule has 0 aliphatic heterocycles. The second-order valence-corrected chi connectivity index (χ2v) is 5.77. The van der Waals surface area contributed by atoms with Crippen molar-refractivity contribution < 1.29 is 14.5 Å². The first-order valence-corrected chi connectivity index (χ1v) is 7.67. The Labute approximate surface area is 141 Å². The summed E-state index contributed by atoms with van der Waals surface area (Å²) in [5, 5.41) is 13.7. The van der Waals surface area contributed by atoms with E-state index in [2.05, 4.69) is 21.2 Å². The number of carbonyl (C=O) groups excluding carboxylic acids is 1. The number of hydrogen-bond donors (Lipinski definition) is 1. The van der Waals surface area contributed by atoms with Crippen LogP contribution in [0, 0.1) is 10.1 Å². The molecule has 0 aliphatic carbocycles.